The Hall–Kier alpha value is -6.82. The quantitative estimate of drug-likeness (QED) is 0.0169. The molecule has 4 aromatic carbocycles. The first-order valence-electron chi connectivity index (χ1n) is 40.0. The van der Waals surface area contributed by atoms with Crippen LogP contribution in [0.25, 0.3) is 0 Å². The third kappa shape index (κ3) is 17.6. The van der Waals surface area contributed by atoms with Gasteiger partial charge in [0.05, 0.1) is 37.1 Å². The van der Waals surface area contributed by atoms with E-state index in [-0.39, 0.29) is 60.7 Å². The fourth-order valence-electron chi connectivity index (χ4n) is 21.9. The van der Waals surface area contributed by atoms with Crippen molar-refractivity contribution in [3.8, 4) is 23.0 Å². The van der Waals surface area contributed by atoms with E-state index in [4.69, 9.17) is 28.4 Å². The highest BCUT2D eigenvalue weighted by Crippen LogP contribution is 2.69. The van der Waals surface area contributed by atoms with Crippen LogP contribution in [0.15, 0.2) is 130 Å². The fraction of sp³-hybridized carbons (Fsp3) is 0.622. The molecule has 2 unspecified atom stereocenters. The average molecular weight is 1390 g/mol. The molecule has 0 heterocycles. The summed E-state index contributed by atoms with van der Waals surface area (Å²) in [5.74, 6) is 10.1. The number of aliphatic imine (C=N–C) groups is 2. The third-order valence-corrected chi connectivity index (χ3v) is 27.4. The number of carbonyl (C=O) groups is 4. The molecule has 6 saturated carbocycles. The van der Waals surface area contributed by atoms with Crippen molar-refractivity contribution in [2.45, 2.75) is 248 Å². The van der Waals surface area contributed by atoms with E-state index in [2.05, 4.69) is 91.4 Å². The predicted molar refractivity (Wildman–Crippen MR) is 407 cm³/mol. The van der Waals surface area contributed by atoms with Gasteiger partial charge in [-0.05, 0) is 291 Å². The van der Waals surface area contributed by atoms with E-state index in [1.54, 1.807) is 36.7 Å². The maximum atomic E-state index is 13.1. The molecule has 12 heteroatoms. The molecule has 0 radical (unpaired) electrons. The van der Waals surface area contributed by atoms with Crippen molar-refractivity contribution < 1.29 is 47.6 Å². The van der Waals surface area contributed by atoms with E-state index in [1.165, 1.54) is 114 Å². The van der Waals surface area contributed by atoms with E-state index >= 15 is 0 Å². The second-order valence-corrected chi connectivity index (χ2v) is 34.6. The normalized spacial score (nSPS) is 30.7. The van der Waals surface area contributed by atoms with Crippen LogP contribution in [-0.2, 0) is 28.7 Å². The molecule has 0 aromatic heterocycles. The molecule has 6 fully saturated rings. The molecule has 16 atom stereocenters. The molecule has 102 heavy (non-hydrogen) atoms. The molecule has 0 aliphatic heterocycles. The highest BCUT2D eigenvalue weighted by Gasteiger charge is 2.61. The van der Waals surface area contributed by atoms with Crippen molar-refractivity contribution in [3.63, 3.8) is 0 Å². The zero-order chi connectivity index (χ0) is 71.8. The van der Waals surface area contributed by atoms with Gasteiger partial charge in [0.15, 0.2) is 0 Å². The van der Waals surface area contributed by atoms with Gasteiger partial charge < -0.3 is 28.4 Å². The van der Waals surface area contributed by atoms with Crippen LogP contribution in [0.2, 0.25) is 0 Å². The second kappa shape index (κ2) is 33.1. The number of ether oxygens (including phenoxy) is 6. The number of benzene rings is 4. The van der Waals surface area contributed by atoms with Crippen LogP contribution in [0.3, 0.4) is 0 Å². The maximum absolute atomic E-state index is 13.1. The summed E-state index contributed by atoms with van der Waals surface area (Å²) in [6.07, 6.45) is 35.2. The van der Waals surface area contributed by atoms with Crippen LogP contribution in [0.4, 0.5) is 11.4 Å². The summed E-state index contributed by atoms with van der Waals surface area (Å²) < 4.78 is 35.2. The number of carbonyl (C=O) groups excluding carboxylic acids is 4. The maximum Gasteiger partial charge on any atom is 0.311 e. The van der Waals surface area contributed by atoms with E-state index in [9.17, 15) is 19.2 Å². The second-order valence-electron chi connectivity index (χ2n) is 34.6. The minimum absolute atomic E-state index is 0.00442. The Labute approximate surface area is 610 Å². The van der Waals surface area contributed by atoms with E-state index < -0.39 is 11.9 Å². The zero-order valence-corrected chi connectivity index (χ0v) is 63.4. The lowest BCUT2D eigenvalue weighted by atomic mass is 9.47. The minimum Gasteiger partial charge on any atom is -0.490 e. The number of rotatable bonds is 29. The van der Waals surface area contributed by atoms with Crippen molar-refractivity contribution in [1.82, 2.24) is 0 Å². The topological polar surface area (TPSA) is 148 Å². The first kappa shape index (κ1) is 74.9. The summed E-state index contributed by atoms with van der Waals surface area (Å²) in [6.45, 7) is 25.6. The van der Waals surface area contributed by atoms with E-state index in [1.807, 2.05) is 72.8 Å². The Morgan fingerprint density at radius 3 is 1.19 bits per heavy atom. The predicted octanol–water partition coefficient (Wildman–Crippen LogP) is 21.9. The molecule has 550 valence electrons. The lowest BCUT2D eigenvalue weighted by Crippen LogP contribution is -2.51. The highest BCUT2D eigenvalue weighted by atomic mass is 16.6. The molecule has 0 spiro atoms. The van der Waals surface area contributed by atoms with Gasteiger partial charge in [-0.25, -0.2) is 0 Å². The van der Waals surface area contributed by atoms with Crippen LogP contribution in [0.5, 0.6) is 23.0 Å². The van der Waals surface area contributed by atoms with Crippen LogP contribution in [-0.4, -0.2) is 61.7 Å². The molecule has 8 aliphatic carbocycles. The summed E-state index contributed by atoms with van der Waals surface area (Å²) in [5, 5.41) is 0. The molecule has 0 saturated heterocycles. The standard InChI is InChI=1S/C90H120N2O10/c1-59(2)13-11-15-61(5)77-37-39-79-75-35-21-65-55-73(45-49-87(65,7)81(75)47-51-89(77,79)9)101-85(95)43-41-83(93)99-71-27-17-63(18-28-71)57-91-67-23-31-69(32-24-67)97-53-54-98-70-33-25-68(26-34-70)92-58-64-19-29-72(30-20-64)100-84(94)42-44-86(96)102-74-46-50-88(8)66(56-74)22-36-76-80-40-38-78(62(6)16-12-14-60(3)4)90(80,10)52-48-82(76)88/h17-34,57-62,73-82H,11-16,35-56H2,1-10H3/t61-,62-,73?,74?,75+,76+,77-,78-,79+,80+,81+,82+,87+,88+,89-,90-/m1/s1. The Kier molecular flexibility index (Phi) is 24.3. The summed E-state index contributed by atoms with van der Waals surface area (Å²) in [7, 11) is 0. The van der Waals surface area contributed by atoms with Gasteiger partial charge in [-0.2, -0.15) is 0 Å². The van der Waals surface area contributed by atoms with Gasteiger partial charge in [-0.1, -0.05) is 131 Å². The molecule has 12 nitrogen and oxygen atoms in total. The average Bonchev–Trinajstić information content (AvgIpc) is 1.40. The molecule has 12 rings (SSSR count). The van der Waals surface area contributed by atoms with Crippen molar-refractivity contribution in [2.24, 2.45) is 103 Å². The van der Waals surface area contributed by atoms with Gasteiger partial charge in [-0.15, -0.1) is 0 Å². The van der Waals surface area contributed by atoms with Crippen LogP contribution in [0, 0.1) is 92.7 Å². The summed E-state index contributed by atoms with van der Waals surface area (Å²) in [4.78, 5) is 61.2. The van der Waals surface area contributed by atoms with Gasteiger partial charge in [-0.3, -0.25) is 29.2 Å². The summed E-state index contributed by atoms with van der Waals surface area (Å²) >= 11 is 0. The minimum atomic E-state index is -0.465. The number of esters is 4. The van der Waals surface area contributed by atoms with Crippen molar-refractivity contribution >= 4 is 47.7 Å². The summed E-state index contributed by atoms with van der Waals surface area (Å²) in [5.41, 5.74) is 7.49. The Bertz CT molecular complexity index is 3390. The lowest BCUT2D eigenvalue weighted by molar-refractivity contribution is -0.154. The van der Waals surface area contributed by atoms with E-state index in [0.717, 1.165) is 120 Å². The van der Waals surface area contributed by atoms with Crippen molar-refractivity contribution in [1.29, 1.82) is 0 Å². The SMILES string of the molecule is CC(C)CCC[C@@H](C)[C@H]1CC[C@H]2[C@@H]3CC=C4CC(OC(=O)CCC(=O)Oc5ccc(C=Nc6ccc(OCCOc7ccc(N=Cc8ccc(OC(=O)CCC(=O)OC9CC[C@@]%10(C)C(=CC[C@H]%11[C@@H]%12CC[C@H]([C@H](C)CCCC(C)C)[C@@]%12(C)CC[C@@H]%11%10)C9)cc8)cc7)cc6)cc5)CC[C@]4(C)[C@H]3CC[C@]12C. The molecule has 0 amide bonds. The first-order chi connectivity index (χ1) is 49.0. The van der Waals surface area contributed by atoms with Gasteiger partial charge >= 0.3 is 23.9 Å². The first-order valence-corrected chi connectivity index (χ1v) is 40.0. The van der Waals surface area contributed by atoms with Crippen LogP contribution < -0.4 is 18.9 Å². The third-order valence-electron chi connectivity index (χ3n) is 27.4. The van der Waals surface area contributed by atoms with Gasteiger partial charge in [0.1, 0.15) is 48.4 Å². The molecule has 8 aliphatic rings. The Morgan fingerprint density at radius 1 is 0.431 bits per heavy atom. The number of fused-ring (bicyclic) bond motifs is 10. The monoisotopic (exact) mass is 1390 g/mol. The van der Waals surface area contributed by atoms with Crippen molar-refractivity contribution in [3.05, 3.63) is 131 Å². The van der Waals surface area contributed by atoms with Gasteiger partial charge in [0.2, 0.25) is 0 Å². The molecule has 0 bridgehead atoms. The molecule has 4 aromatic rings. The number of nitrogens with zero attached hydrogens (tertiary/aromatic N) is 2. The van der Waals surface area contributed by atoms with Gasteiger partial charge in [0.25, 0.3) is 0 Å². The van der Waals surface area contributed by atoms with Gasteiger partial charge in [0, 0.05) is 25.3 Å². The van der Waals surface area contributed by atoms with Crippen LogP contribution in [0.1, 0.15) is 247 Å². The Balaban J connectivity index is 0.497. The fourth-order valence-corrected chi connectivity index (χ4v) is 21.9. The lowest BCUT2D eigenvalue weighted by Gasteiger charge is -2.58. The molecular weight excluding hydrogens is 1270 g/mol. The number of hydrogen-bond donors (Lipinski definition) is 0. The molecular formula is C90H120N2O10. The van der Waals surface area contributed by atoms with Crippen molar-refractivity contribution in [2.75, 3.05) is 13.2 Å². The number of hydrogen-bond acceptors (Lipinski definition) is 12. The number of allylic oxidation sites excluding steroid dienone is 2. The highest BCUT2D eigenvalue weighted by molar-refractivity contribution is 5.84. The molecule has 0 N–H and O–H groups in total. The zero-order valence-electron chi connectivity index (χ0n) is 63.4. The largest absolute Gasteiger partial charge is 0.490 e. The smallest absolute Gasteiger partial charge is 0.311 e. The Morgan fingerprint density at radius 2 is 0.804 bits per heavy atom. The summed E-state index contributed by atoms with van der Waals surface area (Å²) in [6, 6.07) is 29.2. The van der Waals surface area contributed by atoms with E-state index in [0.29, 0.717) is 58.9 Å². The van der Waals surface area contributed by atoms with Crippen LogP contribution >= 0.6 is 0 Å².